The number of rotatable bonds is 6. The number of nitrogens with one attached hydrogen (secondary N) is 1. The van der Waals surface area contributed by atoms with Gasteiger partial charge in [-0.3, -0.25) is 0 Å². The van der Waals surface area contributed by atoms with Crippen LogP contribution in [0.25, 0.3) is 0 Å². The van der Waals surface area contributed by atoms with Crippen LogP contribution in [0.15, 0.2) is 24.4 Å². The summed E-state index contributed by atoms with van der Waals surface area (Å²) < 4.78 is 13.3. The summed E-state index contributed by atoms with van der Waals surface area (Å²) in [6.45, 7) is 1.02. The van der Waals surface area contributed by atoms with E-state index in [4.69, 9.17) is 11.6 Å². The van der Waals surface area contributed by atoms with Gasteiger partial charge in [-0.15, -0.1) is 11.3 Å². The number of halogens is 2. The zero-order valence-electron chi connectivity index (χ0n) is 11.4. The van der Waals surface area contributed by atoms with Gasteiger partial charge < -0.3 is 10.4 Å². The Morgan fingerprint density at radius 3 is 3.00 bits per heavy atom. The third-order valence-electron chi connectivity index (χ3n) is 3.46. The van der Waals surface area contributed by atoms with Crippen LogP contribution < -0.4 is 5.32 Å². The topological polar surface area (TPSA) is 45.1 Å². The Balaban J connectivity index is 1.50. The summed E-state index contributed by atoms with van der Waals surface area (Å²) in [5.41, 5.74) is 0.521. The molecule has 1 aliphatic rings. The number of benzene rings is 1. The monoisotopic (exact) mass is 326 g/mol. The second-order valence-electron chi connectivity index (χ2n) is 5.26. The molecule has 1 aromatic heterocycles. The van der Waals surface area contributed by atoms with Crippen molar-refractivity contribution >= 4 is 22.9 Å². The van der Waals surface area contributed by atoms with E-state index in [1.54, 1.807) is 17.4 Å². The van der Waals surface area contributed by atoms with Crippen molar-refractivity contribution in [2.75, 3.05) is 6.54 Å². The molecule has 0 spiro atoms. The van der Waals surface area contributed by atoms with Crippen LogP contribution in [-0.4, -0.2) is 16.6 Å². The number of aliphatic hydroxyl groups is 1. The fraction of sp³-hybridized carbons (Fsp3) is 0.400. The molecule has 1 saturated carbocycles. The molecule has 2 N–H and O–H groups in total. The summed E-state index contributed by atoms with van der Waals surface area (Å²) in [5, 5.41) is 14.5. The van der Waals surface area contributed by atoms with Crippen LogP contribution in [0.3, 0.4) is 0 Å². The van der Waals surface area contributed by atoms with Gasteiger partial charge in [-0.05, 0) is 30.5 Å². The average Bonchev–Trinajstić information content (AvgIpc) is 3.22. The molecule has 3 rings (SSSR count). The summed E-state index contributed by atoms with van der Waals surface area (Å²) in [6, 6.07) is 4.36. The number of hydrogen-bond donors (Lipinski definition) is 2. The molecule has 1 atom stereocenters. The van der Waals surface area contributed by atoms with Crippen molar-refractivity contribution < 1.29 is 9.50 Å². The molecule has 1 aromatic carbocycles. The standard InChI is InChI=1S/C15H16ClFN2OS/c16-12-4-3-10(5-13(12)17)14(20)8-18-6-11-7-19-15(21-11)9-1-2-9/h3-5,7,9,14,18,20H,1-2,6,8H2. The Morgan fingerprint density at radius 2 is 2.29 bits per heavy atom. The van der Waals surface area contributed by atoms with Gasteiger partial charge in [0.25, 0.3) is 0 Å². The van der Waals surface area contributed by atoms with Crippen molar-refractivity contribution in [2.24, 2.45) is 0 Å². The Kier molecular flexibility index (Phi) is 4.54. The highest BCUT2D eigenvalue weighted by Gasteiger charge is 2.26. The van der Waals surface area contributed by atoms with E-state index in [1.165, 1.54) is 30.0 Å². The molecular weight excluding hydrogens is 311 g/mol. The molecule has 0 aliphatic heterocycles. The maximum absolute atomic E-state index is 13.3. The molecule has 1 fully saturated rings. The minimum atomic E-state index is -0.757. The van der Waals surface area contributed by atoms with E-state index in [0.717, 1.165) is 4.88 Å². The molecule has 1 heterocycles. The molecule has 3 nitrogen and oxygen atoms in total. The lowest BCUT2D eigenvalue weighted by Crippen LogP contribution is -2.20. The fourth-order valence-electron chi connectivity index (χ4n) is 2.09. The van der Waals surface area contributed by atoms with Crippen molar-refractivity contribution in [2.45, 2.75) is 31.4 Å². The van der Waals surface area contributed by atoms with Gasteiger partial charge in [-0.25, -0.2) is 9.37 Å². The molecule has 0 radical (unpaired) electrons. The van der Waals surface area contributed by atoms with Crippen LogP contribution in [0.5, 0.6) is 0 Å². The number of aromatic nitrogens is 1. The van der Waals surface area contributed by atoms with Gasteiger partial charge in [0.15, 0.2) is 0 Å². The second-order valence-corrected chi connectivity index (χ2v) is 6.81. The first-order chi connectivity index (χ1) is 10.1. The third-order valence-corrected chi connectivity index (χ3v) is 4.93. The van der Waals surface area contributed by atoms with Crippen molar-refractivity contribution in [3.05, 3.63) is 50.7 Å². The van der Waals surface area contributed by atoms with Gasteiger partial charge in [-0.2, -0.15) is 0 Å². The third kappa shape index (κ3) is 3.80. The SMILES string of the molecule is OC(CNCc1cnc(C2CC2)s1)c1ccc(Cl)c(F)c1. The van der Waals surface area contributed by atoms with Crippen LogP contribution in [-0.2, 0) is 6.54 Å². The molecule has 0 bridgehead atoms. The van der Waals surface area contributed by atoms with Gasteiger partial charge in [0, 0.05) is 30.1 Å². The first kappa shape index (κ1) is 14.9. The summed E-state index contributed by atoms with van der Waals surface area (Å²) in [5.74, 6) is 0.163. The van der Waals surface area contributed by atoms with E-state index in [2.05, 4.69) is 10.3 Å². The fourth-order valence-corrected chi connectivity index (χ4v) is 3.27. The summed E-state index contributed by atoms with van der Waals surface area (Å²) in [7, 11) is 0. The quantitative estimate of drug-likeness (QED) is 0.852. The molecule has 1 unspecified atom stereocenters. The molecule has 2 aromatic rings. The lowest BCUT2D eigenvalue weighted by Gasteiger charge is -2.12. The van der Waals surface area contributed by atoms with Crippen molar-refractivity contribution in [3.63, 3.8) is 0 Å². The Hall–Kier alpha value is -1.01. The minimum absolute atomic E-state index is 0.0659. The van der Waals surface area contributed by atoms with Crippen molar-refractivity contribution in [3.8, 4) is 0 Å². The summed E-state index contributed by atoms with van der Waals surface area (Å²) in [4.78, 5) is 5.57. The van der Waals surface area contributed by atoms with Crippen LogP contribution >= 0.6 is 22.9 Å². The Labute approximate surface area is 131 Å². The van der Waals surface area contributed by atoms with Gasteiger partial charge in [0.1, 0.15) is 5.82 Å². The maximum atomic E-state index is 13.3. The van der Waals surface area contributed by atoms with Gasteiger partial charge >= 0.3 is 0 Å². The van der Waals surface area contributed by atoms with Crippen LogP contribution in [0.4, 0.5) is 4.39 Å². The number of hydrogen-bond acceptors (Lipinski definition) is 4. The molecular formula is C15H16ClFN2OS. The number of aliphatic hydroxyl groups excluding tert-OH is 1. The van der Waals surface area contributed by atoms with E-state index >= 15 is 0 Å². The van der Waals surface area contributed by atoms with Crippen LogP contribution in [0.2, 0.25) is 5.02 Å². The van der Waals surface area contributed by atoms with Gasteiger partial charge in [-0.1, -0.05) is 17.7 Å². The molecule has 112 valence electrons. The largest absolute Gasteiger partial charge is 0.387 e. The minimum Gasteiger partial charge on any atom is -0.387 e. The Morgan fingerprint density at radius 1 is 1.48 bits per heavy atom. The predicted octanol–water partition coefficient (Wildman–Crippen LogP) is 3.64. The van der Waals surface area contributed by atoms with E-state index in [-0.39, 0.29) is 5.02 Å². The number of thiazole rings is 1. The summed E-state index contributed by atoms with van der Waals surface area (Å²) in [6.07, 6.45) is 3.63. The summed E-state index contributed by atoms with van der Waals surface area (Å²) >= 11 is 7.35. The normalized spacial score (nSPS) is 16.1. The first-order valence-corrected chi connectivity index (χ1v) is 8.11. The zero-order valence-corrected chi connectivity index (χ0v) is 12.9. The zero-order chi connectivity index (χ0) is 14.8. The lowest BCUT2D eigenvalue weighted by atomic mass is 10.1. The smallest absolute Gasteiger partial charge is 0.142 e. The average molecular weight is 327 g/mol. The first-order valence-electron chi connectivity index (χ1n) is 6.92. The van der Waals surface area contributed by atoms with E-state index in [1.807, 2.05) is 6.20 Å². The molecule has 21 heavy (non-hydrogen) atoms. The van der Waals surface area contributed by atoms with E-state index < -0.39 is 11.9 Å². The van der Waals surface area contributed by atoms with Gasteiger partial charge in [0.05, 0.1) is 16.1 Å². The molecule has 6 heteroatoms. The predicted molar refractivity (Wildman–Crippen MR) is 82.2 cm³/mol. The van der Waals surface area contributed by atoms with Crippen molar-refractivity contribution in [1.82, 2.24) is 10.3 Å². The Bertz CT molecular complexity index is 630. The highest BCUT2D eigenvalue weighted by atomic mass is 35.5. The van der Waals surface area contributed by atoms with Crippen molar-refractivity contribution in [1.29, 1.82) is 0 Å². The molecule has 0 amide bonds. The molecule has 0 saturated heterocycles. The van der Waals surface area contributed by atoms with E-state index in [0.29, 0.717) is 24.6 Å². The highest BCUT2D eigenvalue weighted by Crippen LogP contribution is 2.41. The highest BCUT2D eigenvalue weighted by molar-refractivity contribution is 7.11. The second kappa shape index (κ2) is 6.40. The van der Waals surface area contributed by atoms with Crippen LogP contribution in [0.1, 0.15) is 40.3 Å². The van der Waals surface area contributed by atoms with E-state index in [9.17, 15) is 9.50 Å². The maximum Gasteiger partial charge on any atom is 0.142 e. The number of nitrogens with zero attached hydrogens (tertiary/aromatic N) is 1. The molecule has 1 aliphatic carbocycles. The van der Waals surface area contributed by atoms with Gasteiger partial charge in [0.2, 0.25) is 0 Å². The lowest BCUT2D eigenvalue weighted by molar-refractivity contribution is 0.174. The van der Waals surface area contributed by atoms with Crippen LogP contribution in [0, 0.1) is 5.82 Å².